The maximum atomic E-state index is 12.2. The third kappa shape index (κ3) is 9.68. The number of ether oxygens (including phenoxy) is 3. The Morgan fingerprint density at radius 1 is 1.19 bits per heavy atom. The first kappa shape index (κ1) is 23.3. The van der Waals surface area contributed by atoms with Crippen molar-refractivity contribution in [1.82, 2.24) is 4.90 Å². The van der Waals surface area contributed by atoms with Crippen molar-refractivity contribution in [2.24, 2.45) is 0 Å². The van der Waals surface area contributed by atoms with Crippen LogP contribution in [0.15, 0.2) is 25.3 Å². The van der Waals surface area contributed by atoms with E-state index in [1.54, 1.807) is 0 Å². The summed E-state index contributed by atoms with van der Waals surface area (Å²) in [5, 5.41) is 0.0298. The van der Waals surface area contributed by atoms with E-state index in [-0.39, 0.29) is 37.7 Å². The Labute approximate surface area is 163 Å². The molecule has 2 atom stereocenters. The molecule has 1 amide bonds. The molecule has 0 aromatic heterocycles. The van der Waals surface area contributed by atoms with Gasteiger partial charge in [-0.25, -0.2) is 9.59 Å². The van der Waals surface area contributed by atoms with E-state index in [2.05, 4.69) is 13.2 Å². The summed E-state index contributed by atoms with van der Waals surface area (Å²) in [5.74, 6) is 0.447. The van der Waals surface area contributed by atoms with Crippen LogP contribution >= 0.6 is 11.8 Å². The molecule has 1 fully saturated rings. The van der Waals surface area contributed by atoms with Crippen molar-refractivity contribution < 1.29 is 36.4 Å². The van der Waals surface area contributed by atoms with Gasteiger partial charge in [0.2, 0.25) is 0 Å². The van der Waals surface area contributed by atoms with Crippen molar-refractivity contribution in [3.05, 3.63) is 25.3 Å². The molecule has 11 heteroatoms. The summed E-state index contributed by atoms with van der Waals surface area (Å²) in [6.07, 6.45) is 3.05. The predicted molar refractivity (Wildman–Crippen MR) is 101 cm³/mol. The van der Waals surface area contributed by atoms with Crippen molar-refractivity contribution in [3.63, 3.8) is 0 Å². The van der Waals surface area contributed by atoms with Gasteiger partial charge >= 0.3 is 12.2 Å². The molecule has 0 bridgehead atoms. The molecule has 0 saturated carbocycles. The highest BCUT2D eigenvalue weighted by molar-refractivity contribution is 8.00. The fourth-order valence-corrected chi connectivity index (χ4v) is 3.95. The van der Waals surface area contributed by atoms with E-state index in [0.29, 0.717) is 18.7 Å². The van der Waals surface area contributed by atoms with E-state index < -0.39 is 22.4 Å². The van der Waals surface area contributed by atoms with Gasteiger partial charge in [0.05, 0.1) is 18.9 Å². The van der Waals surface area contributed by atoms with Crippen LogP contribution in [0.4, 0.5) is 9.59 Å². The Balaban J connectivity index is 2.55. The maximum absolute atomic E-state index is 12.2. The van der Waals surface area contributed by atoms with Crippen LogP contribution in [0.2, 0.25) is 0 Å². The van der Waals surface area contributed by atoms with Gasteiger partial charge in [-0.1, -0.05) is 25.3 Å². The lowest BCUT2D eigenvalue weighted by molar-refractivity contribution is 0.0404. The predicted octanol–water partition coefficient (Wildman–Crippen LogP) is 1.80. The zero-order valence-corrected chi connectivity index (χ0v) is 16.8. The topological polar surface area (TPSA) is 108 Å². The van der Waals surface area contributed by atoms with E-state index in [1.165, 1.54) is 28.8 Å². The van der Waals surface area contributed by atoms with Gasteiger partial charge in [0.15, 0.2) is 0 Å². The van der Waals surface area contributed by atoms with Crippen molar-refractivity contribution in [2.75, 3.05) is 45.0 Å². The largest absolute Gasteiger partial charge is 0.508 e. The second-order valence-corrected chi connectivity index (χ2v) is 8.64. The lowest BCUT2D eigenvalue weighted by Crippen LogP contribution is -2.39. The summed E-state index contributed by atoms with van der Waals surface area (Å²) < 4.78 is 41.5. The summed E-state index contributed by atoms with van der Waals surface area (Å²) in [5.41, 5.74) is 0. The van der Waals surface area contributed by atoms with Crippen molar-refractivity contribution in [3.8, 4) is 0 Å². The molecule has 0 N–H and O–H groups in total. The molecular formula is C16H25NO8S2. The van der Waals surface area contributed by atoms with Crippen LogP contribution in [0.5, 0.6) is 0 Å². The van der Waals surface area contributed by atoms with Crippen LogP contribution in [0, 0.1) is 0 Å². The number of thioether (sulfide) groups is 1. The zero-order chi connectivity index (χ0) is 20.3. The summed E-state index contributed by atoms with van der Waals surface area (Å²) in [4.78, 5) is 25.2. The van der Waals surface area contributed by atoms with Gasteiger partial charge in [-0.2, -0.15) is 20.2 Å². The van der Waals surface area contributed by atoms with Crippen LogP contribution in [0.1, 0.15) is 6.42 Å². The fourth-order valence-electron chi connectivity index (χ4n) is 2.32. The number of hydrogen-bond acceptors (Lipinski definition) is 9. The molecule has 1 saturated heterocycles. The first-order chi connectivity index (χ1) is 12.8. The number of amides is 1. The molecule has 154 valence electrons. The Kier molecular flexibility index (Phi) is 10.3. The van der Waals surface area contributed by atoms with Crippen molar-refractivity contribution >= 4 is 34.1 Å². The standard InChI is InChI=1S/C16H25NO8S2/c1-4-6-22-15(18)17-11-14(26-9-8-25-27(3,20)21)10-13(17)12-24-16(19)23-7-5-2/h4-5,13-14H,1-2,6-12H2,3H3/t13-,14-/m0/s1. The Morgan fingerprint density at radius 3 is 2.48 bits per heavy atom. The van der Waals surface area contributed by atoms with E-state index >= 15 is 0 Å². The molecule has 0 aliphatic carbocycles. The molecule has 1 aliphatic heterocycles. The molecule has 0 radical (unpaired) electrons. The summed E-state index contributed by atoms with van der Waals surface area (Å²) in [6.45, 7) is 7.44. The van der Waals surface area contributed by atoms with Crippen LogP contribution in [-0.2, 0) is 28.5 Å². The van der Waals surface area contributed by atoms with Crippen LogP contribution in [0.25, 0.3) is 0 Å². The third-order valence-corrected chi connectivity index (χ3v) is 5.19. The number of nitrogens with zero attached hydrogens (tertiary/aromatic N) is 1. The second-order valence-electron chi connectivity index (χ2n) is 5.59. The Morgan fingerprint density at radius 2 is 1.85 bits per heavy atom. The number of hydrogen-bond donors (Lipinski definition) is 0. The fraction of sp³-hybridized carbons (Fsp3) is 0.625. The van der Waals surface area contributed by atoms with Gasteiger partial charge in [-0.3, -0.25) is 4.18 Å². The average molecular weight is 424 g/mol. The minimum atomic E-state index is -3.48. The van der Waals surface area contributed by atoms with Gasteiger partial charge in [0, 0.05) is 17.5 Å². The third-order valence-electron chi connectivity index (χ3n) is 3.38. The monoisotopic (exact) mass is 423 g/mol. The lowest BCUT2D eigenvalue weighted by Gasteiger charge is -2.23. The van der Waals surface area contributed by atoms with Crippen molar-refractivity contribution in [2.45, 2.75) is 17.7 Å². The minimum Gasteiger partial charge on any atom is -0.445 e. The molecule has 1 rings (SSSR count). The SMILES string of the molecule is C=CCOC(=O)OC[C@@H]1C[C@H](SCCOS(C)(=O)=O)CN1C(=O)OCC=C. The number of likely N-dealkylation sites (tertiary alicyclic amines) is 1. The van der Waals surface area contributed by atoms with Gasteiger partial charge in [0.1, 0.15) is 19.8 Å². The quantitative estimate of drug-likeness (QED) is 0.213. The van der Waals surface area contributed by atoms with Gasteiger partial charge in [0.25, 0.3) is 10.1 Å². The molecule has 0 aromatic carbocycles. The summed E-state index contributed by atoms with van der Waals surface area (Å²) in [6, 6.07) is -0.369. The maximum Gasteiger partial charge on any atom is 0.508 e. The Hall–Kier alpha value is -1.72. The average Bonchev–Trinajstić information content (AvgIpc) is 3.02. The number of carbonyl (C=O) groups is 2. The van der Waals surface area contributed by atoms with Gasteiger partial charge < -0.3 is 19.1 Å². The van der Waals surface area contributed by atoms with Crippen molar-refractivity contribution in [1.29, 1.82) is 0 Å². The van der Waals surface area contributed by atoms with Crippen LogP contribution in [0.3, 0.4) is 0 Å². The number of rotatable bonds is 11. The van der Waals surface area contributed by atoms with Gasteiger partial charge in [-0.15, -0.1) is 0 Å². The molecule has 0 unspecified atom stereocenters. The highest BCUT2D eigenvalue weighted by atomic mass is 32.2. The first-order valence-corrected chi connectivity index (χ1v) is 11.0. The first-order valence-electron chi connectivity index (χ1n) is 8.17. The Bertz CT molecular complexity index is 622. The molecule has 0 spiro atoms. The van der Waals surface area contributed by atoms with E-state index in [4.69, 9.17) is 18.4 Å². The molecule has 27 heavy (non-hydrogen) atoms. The minimum absolute atomic E-state index is 0.0298. The van der Waals surface area contributed by atoms with Crippen LogP contribution in [-0.4, -0.2) is 81.8 Å². The highest BCUT2D eigenvalue weighted by Gasteiger charge is 2.37. The normalized spacial score (nSPS) is 19.4. The summed E-state index contributed by atoms with van der Waals surface area (Å²) >= 11 is 1.48. The number of carbonyl (C=O) groups excluding carboxylic acids is 2. The lowest BCUT2D eigenvalue weighted by atomic mass is 10.2. The van der Waals surface area contributed by atoms with E-state index in [1.807, 2.05) is 0 Å². The molecule has 9 nitrogen and oxygen atoms in total. The molecule has 1 aliphatic rings. The molecule has 1 heterocycles. The second kappa shape index (κ2) is 11.9. The van der Waals surface area contributed by atoms with Gasteiger partial charge in [-0.05, 0) is 6.42 Å². The smallest absolute Gasteiger partial charge is 0.445 e. The molecular weight excluding hydrogens is 398 g/mol. The zero-order valence-electron chi connectivity index (χ0n) is 15.2. The summed E-state index contributed by atoms with van der Waals surface area (Å²) in [7, 11) is -3.48. The van der Waals surface area contributed by atoms with Crippen LogP contribution < -0.4 is 0 Å². The van der Waals surface area contributed by atoms with E-state index in [0.717, 1.165) is 6.26 Å². The highest BCUT2D eigenvalue weighted by Crippen LogP contribution is 2.28. The van der Waals surface area contributed by atoms with E-state index in [9.17, 15) is 18.0 Å². The molecule has 0 aromatic rings.